The van der Waals surface area contributed by atoms with Crippen molar-refractivity contribution in [1.29, 1.82) is 0 Å². The average Bonchev–Trinajstić information content (AvgIpc) is 2.46. The molecule has 0 radical (unpaired) electrons. The number of hydrogen-bond acceptors (Lipinski definition) is 6. The molecule has 10 nitrogen and oxygen atoms in total. The van der Waals surface area contributed by atoms with Gasteiger partial charge < -0.3 is 21.7 Å². The molecule has 0 saturated heterocycles. The smallest absolute Gasteiger partial charge is 0.328 e. The quantitative estimate of drug-likeness (QED) is 0.117. The fraction of sp³-hybridized carbons (Fsp3) is 0.833. The first kappa shape index (κ1) is 20.4. The number of nitrogens with two attached hydrogens (primary N) is 4. The van der Waals surface area contributed by atoms with Gasteiger partial charge in [0.1, 0.15) is 0 Å². The zero-order valence-electron chi connectivity index (χ0n) is 12.7. The van der Waals surface area contributed by atoms with Gasteiger partial charge in [0.05, 0.1) is 12.2 Å². The second-order valence-electron chi connectivity index (χ2n) is 5.19. The van der Waals surface area contributed by atoms with E-state index in [4.69, 9.17) is 23.2 Å². The Morgan fingerprint density at radius 2 is 1.09 bits per heavy atom. The Hall–Kier alpha value is -1.62. The molecule has 2 unspecified atom stereocenters. The highest BCUT2D eigenvalue weighted by Gasteiger charge is 2.16. The van der Waals surface area contributed by atoms with E-state index in [2.05, 4.69) is 0 Å². The number of primary amides is 2. The minimum atomic E-state index is -0.843. The Bertz CT molecular complexity index is 312. The summed E-state index contributed by atoms with van der Waals surface area (Å²) >= 11 is 0. The highest BCUT2D eigenvalue weighted by atomic mass is 16.3. The highest BCUT2D eigenvalue weighted by Crippen LogP contribution is 2.11. The standard InChI is InChI=1S/C12H28N6O4/c13-11(21)17(15)7-3-1-5-9(19)10(20)6-2-4-8-18(16)12(14)22/h9-10,19-20H,1-8,15-16H2,(H2,13,21)(H2,14,22). The number of unbranched alkanes of at least 4 members (excludes halogenated alkanes) is 2. The summed E-state index contributed by atoms with van der Waals surface area (Å²) in [5.41, 5.74) is 9.93. The molecule has 10 N–H and O–H groups in total. The molecule has 22 heavy (non-hydrogen) atoms. The molecule has 0 aromatic carbocycles. The topological polar surface area (TPSA) is 185 Å². The SMILES string of the molecule is NC(=O)N(N)CCCCC(O)C(O)CCCCN(N)C(N)=O. The predicted octanol–water partition coefficient (Wildman–Crippen LogP) is -1.44. The van der Waals surface area contributed by atoms with Gasteiger partial charge >= 0.3 is 12.1 Å². The summed E-state index contributed by atoms with van der Waals surface area (Å²) in [5, 5.41) is 21.4. The van der Waals surface area contributed by atoms with E-state index in [1.807, 2.05) is 0 Å². The molecule has 0 heterocycles. The highest BCUT2D eigenvalue weighted by molar-refractivity contribution is 5.71. The molecule has 0 aromatic rings. The van der Waals surface area contributed by atoms with Crippen LogP contribution in [0.15, 0.2) is 0 Å². The Labute approximate surface area is 129 Å². The van der Waals surface area contributed by atoms with Crippen molar-refractivity contribution in [2.75, 3.05) is 13.1 Å². The molecule has 0 saturated carbocycles. The number of rotatable bonds is 11. The molecule has 0 aromatic heterocycles. The van der Waals surface area contributed by atoms with Gasteiger partial charge in [-0.3, -0.25) is 10.0 Å². The third kappa shape index (κ3) is 9.34. The van der Waals surface area contributed by atoms with Gasteiger partial charge in [0.15, 0.2) is 0 Å². The molecule has 2 atom stereocenters. The van der Waals surface area contributed by atoms with Crippen LogP contribution in [0.3, 0.4) is 0 Å². The van der Waals surface area contributed by atoms with Crippen molar-refractivity contribution in [3.8, 4) is 0 Å². The molecule has 0 aliphatic heterocycles. The number of amides is 4. The van der Waals surface area contributed by atoms with E-state index in [-0.39, 0.29) is 0 Å². The van der Waals surface area contributed by atoms with Crippen LogP contribution in [0.4, 0.5) is 9.59 Å². The van der Waals surface area contributed by atoms with Crippen LogP contribution in [-0.4, -0.2) is 57.6 Å². The normalized spacial score (nSPS) is 13.5. The Morgan fingerprint density at radius 3 is 1.36 bits per heavy atom. The van der Waals surface area contributed by atoms with Crippen LogP contribution in [0.25, 0.3) is 0 Å². The van der Waals surface area contributed by atoms with Gasteiger partial charge in [-0.2, -0.15) is 0 Å². The fourth-order valence-electron chi connectivity index (χ4n) is 1.88. The van der Waals surface area contributed by atoms with Gasteiger partial charge in [-0.1, -0.05) is 0 Å². The van der Waals surface area contributed by atoms with Crippen LogP contribution in [-0.2, 0) is 0 Å². The molecule has 0 aliphatic rings. The number of nitrogens with zero attached hydrogens (tertiary/aromatic N) is 2. The molecule has 4 amide bonds. The van der Waals surface area contributed by atoms with Crippen LogP contribution in [0, 0.1) is 0 Å². The summed E-state index contributed by atoms with van der Waals surface area (Å²) in [6.45, 7) is 0.606. The first-order valence-corrected chi connectivity index (χ1v) is 7.25. The van der Waals surface area contributed by atoms with Crippen molar-refractivity contribution in [2.24, 2.45) is 23.2 Å². The Kier molecular flexibility index (Phi) is 10.2. The van der Waals surface area contributed by atoms with Crippen molar-refractivity contribution in [2.45, 2.75) is 50.7 Å². The van der Waals surface area contributed by atoms with E-state index in [0.29, 0.717) is 51.6 Å². The van der Waals surface area contributed by atoms with E-state index < -0.39 is 24.3 Å². The molecule has 0 rings (SSSR count). The van der Waals surface area contributed by atoms with Crippen LogP contribution in [0.2, 0.25) is 0 Å². The largest absolute Gasteiger partial charge is 0.390 e. The summed E-state index contributed by atoms with van der Waals surface area (Å²) < 4.78 is 0. The molecule has 0 fully saturated rings. The summed E-state index contributed by atoms with van der Waals surface area (Å²) in [4.78, 5) is 21.3. The van der Waals surface area contributed by atoms with Gasteiger partial charge in [-0.15, -0.1) is 0 Å². The third-order valence-corrected chi connectivity index (χ3v) is 3.31. The van der Waals surface area contributed by atoms with Gasteiger partial charge in [-0.25, -0.2) is 21.3 Å². The number of urea groups is 2. The number of carbonyl (C=O) groups excluding carboxylic acids is 2. The molecule has 0 bridgehead atoms. The average molecular weight is 320 g/mol. The zero-order chi connectivity index (χ0) is 17.1. The van der Waals surface area contributed by atoms with Gasteiger partial charge in [0, 0.05) is 13.1 Å². The van der Waals surface area contributed by atoms with Gasteiger partial charge in [-0.05, 0) is 38.5 Å². The lowest BCUT2D eigenvalue weighted by molar-refractivity contribution is 0.00684. The Morgan fingerprint density at radius 1 is 0.773 bits per heavy atom. The van der Waals surface area contributed by atoms with Crippen molar-refractivity contribution >= 4 is 12.1 Å². The van der Waals surface area contributed by atoms with Crippen molar-refractivity contribution in [3.63, 3.8) is 0 Å². The molecule has 0 spiro atoms. The number of hydrazine groups is 2. The maximum atomic E-state index is 10.7. The summed E-state index contributed by atoms with van der Waals surface area (Å²) in [6, 6.07) is -1.41. The van der Waals surface area contributed by atoms with Gasteiger partial charge in [0.25, 0.3) is 0 Å². The summed E-state index contributed by atoms with van der Waals surface area (Å²) in [7, 11) is 0. The zero-order valence-corrected chi connectivity index (χ0v) is 12.7. The van der Waals surface area contributed by atoms with Crippen LogP contribution in [0.1, 0.15) is 38.5 Å². The monoisotopic (exact) mass is 320 g/mol. The fourth-order valence-corrected chi connectivity index (χ4v) is 1.88. The van der Waals surface area contributed by atoms with Crippen molar-refractivity contribution < 1.29 is 19.8 Å². The van der Waals surface area contributed by atoms with E-state index in [1.165, 1.54) is 0 Å². The van der Waals surface area contributed by atoms with E-state index in [0.717, 1.165) is 10.0 Å². The number of hydrogen-bond donors (Lipinski definition) is 6. The van der Waals surface area contributed by atoms with Crippen molar-refractivity contribution in [3.05, 3.63) is 0 Å². The number of aliphatic hydroxyl groups excluding tert-OH is 2. The lowest BCUT2D eigenvalue weighted by Crippen LogP contribution is -2.42. The van der Waals surface area contributed by atoms with E-state index >= 15 is 0 Å². The molecular weight excluding hydrogens is 292 g/mol. The first-order valence-electron chi connectivity index (χ1n) is 7.25. The minimum Gasteiger partial charge on any atom is -0.390 e. The predicted molar refractivity (Wildman–Crippen MR) is 80.7 cm³/mol. The maximum Gasteiger partial charge on any atom is 0.328 e. The molecular formula is C12H28N6O4. The lowest BCUT2D eigenvalue weighted by atomic mass is 10.0. The van der Waals surface area contributed by atoms with Crippen molar-refractivity contribution in [1.82, 2.24) is 10.0 Å². The van der Waals surface area contributed by atoms with Crippen LogP contribution in [0.5, 0.6) is 0 Å². The van der Waals surface area contributed by atoms with Crippen LogP contribution >= 0.6 is 0 Å². The van der Waals surface area contributed by atoms with E-state index in [9.17, 15) is 19.8 Å². The number of aliphatic hydroxyl groups is 2. The molecule has 10 heteroatoms. The van der Waals surface area contributed by atoms with Crippen LogP contribution < -0.4 is 23.2 Å². The first-order chi connectivity index (χ1) is 10.3. The number of carbonyl (C=O) groups is 2. The second kappa shape index (κ2) is 11.0. The van der Waals surface area contributed by atoms with Gasteiger partial charge in [0.2, 0.25) is 0 Å². The summed E-state index contributed by atoms with van der Waals surface area (Å²) in [6.07, 6.45) is 1.51. The second-order valence-corrected chi connectivity index (χ2v) is 5.19. The molecule has 130 valence electrons. The van der Waals surface area contributed by atoms with E-state index in [1.54, 1.807) is 0 Å². The maximum absolute atomic E-state index is 10.7. The summed E-state index contributed by atoms with van der Waals surface area (Å²) in [5.74, 6) is 10.6. The minimum absolute atomic E-state index is 0.303. The lowest BCUT2D eigenvalue weighted by Gasteiger charge is -2.19. The third-order valence-electron chi connectivity index (χ3n) is 3.31. The Balaban J connectivity index is 3.68. The molecule has 0 aliphatic carbocycles.